The van der Waals surface area contributed by atoms with Crippen molar-refractivity contribution in [2.75, 3.05) is 16.8 Å². The summed E-state index contributed by atoms with van der Waals surface area (Å²) >= 11 is 5.82. The van der Waals surface area contributed by atoms with Crippen molar-refractivity contribution in [2.45, 2.75) is 19.3 Å². The van der Waals surface area contributed by atoms with Crippen LogP contribution < -0.4 is 10.2 Å². The number of para-hydroxylation sites is 1. The predicted molar refractivity (Wildman–Crippen MR) is 122 cm³/mol. The van der Waals surface area contributed by atoms with Crippen LogP contribution in [0.15, 0.2) is 72.8 Å². The Labute approximate surface area is 185 Å². The molecule has 0 spiro atoms. The molecule has 5 nitrogen and oxygen atoms in total. The molecule has 0 atom stereocenters. The van der Waals surface area contributed by atoms with E-state index in [2.05, 4.69) is 5.32 Å². The Hall–Kier alpha value is -3.44. The van der Waals surface area contributed by atoms with E-state index in [1.165, 1.54) is 5.56 Å². The van der Waals surface area contributed by atoms with Crippen molar-refractivity contribution in [2.24, 2.45) is 0 Å². The fourth-order valence-electron chi connectivity index (χ4n) is 3.63. The molecule has 2 amide bonds. The highest BCUT2D eigenvalue weighted by Gasteiger charge is 2.25. The number of nitrogens with one attached hydrogen (secondary N) is 1. The first-order chi connectivity index (χ1) is 15.0. The zero-order chi connectivity index (χ0) is 21.8. The van der Waals surface area contributed by atoms with E-state index in [1.807, 2.05) is 24.3 Å². The van der Waals surface area contributed by atoms with Crippen molar-refractivity contribution in [3.05, 3.63) is 94.5 Å². The summed E-state index contributed by atoms with van der Waals surface area (Å²) in [5, 5.41) is 3.33. The minimum atomic E-state index is -0.255. The lowest BCUT2D eigenvalue weighted by atomic mass is 10.1. The van der Waals surface area contributed by atoms with Crippen LogP contribution in [0.4, 0.5) is 11.4 Å². The number of hydrogen-bond donors (Lipinski definition) is 1. The monoisotopic (exact) mass is 432 g/mol. The molecular weight excluding hydrogens is 412 g/mol. The van der Waals surface area contributed by atoms with Crippen molar-refractivity contribution < 1.29 is 14.4 Å². The third kappa shape index (κ3) is 4.84. The Morgan fingerprint density at radius 1 is 0.839 bits per heavy atom. The van der Waals surface area contributed by atoms with E-state index in [1.54, 1.807) is 53.4 Å². The third-order valence-electron chi connectivity index (χ3n) is 5.29. The lowest BCUT2D eigenvalue weighted by Crippen LogP contribution is -2.28. The summed E-state index contributed by atoms with van der Waals surface area (Å²) in [5.74, 6) is -0.426. The number of benzene rings is 3. The zero-order valence-electron chi connectivity index (χ0n) is 16.8. The smallest absolute Gasteiger partial charge is 0.258 e. The first-order valence-electron chi connectivity index (χ1n) is 10.1. The largest absolute Gasteiger partial charge is 0.326 e. The number of halogens is 1. The molecule has 0 aromatic heterocycles. The highest BCUT2D eigenvalue weighted by Crippen LogP contribution is 2.29. The van der Waals surface area contributed by atoms with E-state index in [9.17, 15) is 14.4 Å². The molecule has 0 saturated carbocycles. The van der Waals surface area contributed by atoms with E-state index >= 15 is 0 Å². The van der Waals surface area contributed by atoms with Gasteiger partial charge < -0.3 is 10.2 Å². The molecule has 1 aliphatic rings. The minimum absolute atomic E-state index is 0.0589. The van der Waals surface area contributed by atoms with Crippen LogP contribution >= 0.6 is 11.6 Å². The van der Waals surface area contributed by atoms with Gasteiger partial charge in [-0.15, -0.1) is 0 Å². The molecule has 31 heavy (non-hydrogen) atoms. The molecule has 6 heteroatoms. The van der Waals surface area contributed by atoms with Gasteiger partial charge in [-0.2, -0.15) is 0 Å². The Morgan fingerprint density at radius 2 is 1.52 bits per heavy atom. The number of Topliss-reactive ketones (excluding diaryl/α,β-unsaturated/α-hetero) is 1. The molecule has 0 saturated heterocycles. The topological polar surface area (TPSA) is 66.5 Å². The first-order valence-corrected chi connectivity index (χ1v) is 10.5. The molecule has 0 aliphatic carbocycles. The normalized spacial score (nSPS) is 12.4. The average molecular weight is 433 g/mol. The van der Waals surface area contributed by atoms with Gasteiger partial charge in [0.25, 0.3) is 5.91 Å². The van der Waals surface area contributed by atoms with E-state index in [4.69, 9.17) is 11.6 Å². The molecule has 3 aromatic rings. The Morgan fingerprint density at radius 3 is 2.26 bits per heavy atom. The van der Waals surface area contributed by atoms with E-state index in [0.717, 1.165) is 12.1 Å². The SMILES string of the molecule is O=C(CCC(=O)c1ccc(Cl)cc1)Nc1ccc(C(=O)N2CCc3ccccc32)cc1. The molecule has 0 bridgehead atoms. The number of carbonyl (C=O) groups is 3. The predicted octanol–water partition coefficient (Wildman–Crippen LogP) is 5.14. The third-order valence-corrected chi connectivity index (χ3v) is 5.55. The summed E-state index contributed by atoms with van der Waals surface area (Å²) in [5.41, 5.74) is 3.81. The summed E-state index contributed by atoms with van der Waals surface area (Å²) < 4.78 is 0. The van der Waals surface area contributed by atoms with Gasteiger partial charge in [0.1, 0.15) is 0 Å². The van der Waals surface area contributed by atoms with Crippen LogP contribution in [0.3, 0.4) is 0 Å². The maximum atomic E-state index is 12.9. The Balaban J connectivity index is 1.32. The molecule has 0 unspecified atom stereocenters. The maximum absolute atomic E-state index is 12.9. The molecule has 0 fully saturated rings. The second kappa shape index (κ2) is 9.14. The van der Waals surface area contributed by atoms with Crippen molar-refractivity contribution in [3.8, 4) is 0 Å². The summed E-state index contributed by atoms with van der Waals surface area (Å²) in [6.45, 7) is 0.665. The van der Waals surface area contributed by atoms with Gasteiger partial charge in [0.15, 0.2) is 5.78 Å². The number of rotatable bonds is 6. The number of anilines is 2. The molecule has 1 aliphatic heterocycles. The lowest BCUT2D eigenvalue weighted by Gasteiger charge is -2.17. The van der Waals surface area contributed by atoms with Gasteiger partial charge >= 0.3 is 0 Å². The molecule has 1 heterocycles. The first kappa shape index (κ1) is 20.8. The van der Waals surface area contributed by atoms with Crippen molar-refractivity contribution >= 4 is 40.6 Å². The second-order valence-corrected chi connectivity index (χ2v) is 7.83. The van der Waals surface area contributed by atoms with Gasteiger partial charge in [-0.3, -0.25) is 14.4 Å². The fourth-order valence-corrected chi connectivity index (χ4v) is 3.76. The van der Waals surface area contributed by atoms with Crippen LogP contribution in [0, 0.1) is 0 Å². The second-order valence-electron chi connectivity index (χ2n) is 7.39. The summed E-state index contributed by atoms with van der Waals surface area (Å²) in [6, 6.07) is 21.3. The Kier molecular flexibility index (Phi) is 6.14. The van der Waals surface area contributed by atoms with E-state index in [0.29, 0.717) is 28.4 Å². The van der Waals surface area contributed by atoms with Crippen LogP contribution in [-0.4, -0.2) is 24.1 Å². The van der Waals surface area contributed by atoms with E-state index in [-0.39, 0.29) is 30.4 Å². The number of ketones is 1. The number of carbonyl (C=O) groups excluding carboxylic acids is 3. The van der Waals surface area contributed by atoms with Gasteiger partial charge in [0.2, 0.25) is 5.91 Å². The highest BCUT2D eigenvalue weighted by atomic mass is 35.5. The van der Waals surface area contributed by atoms with Crippen molar-refractivity contribution in [1.29, 1.82) is 0 Å². The van der Waals surface area contributed by atoms with Gasteiger partial charge in [-0.1, -0.05) is 29.8 Å². The van der Waals surface area contributed by atoms with Gasteiger partial charge in [-0.05, 0) is 66.6 Å². The summed E-state index contributed by atoms with van der Waals surface area (Å²) in [4.78, 5) is 39.0. The summed E-state index contributed by atoms with van der Waals surface area (Å²) in [7, 11) is 0. The molecule has 0 radical (unpaired) electrons. The maximum Gasteiger partial charge on any atom is 0.258 e. The van der Waals surface area contributed by atoms with Crippen molar-refractivity contribution in [1.82, 2.24) is 0 Å². The van der Waals surface area contributed by atoms with Crippen LogP contribution in [0.1, 0.15) is 39.1 Å². The molecule has 4 rings (SSSR count). The number of amides is 2. The minimum Gasteiger partial charge on any atom is -0.326 e. The zero-order valence-corrected chi connectivity index (χ0v) is 17.6. The number of hydrogen-bond acceptors (Lipinski definition) is 3. The molecule has 156 valence electrons. The van der Waals surface area contributed by atoms with E-state index < -0.39 is 0 Å². The standard InChI is InChI=1S/C25H21ClN2O3/c26-20-9-5-18(6-10-20)23(29)13-14-24(30)27-21-11-7-19(8-12-21)25(31)28-16-15-17-3-1-2-4-22(17)28/h1-12H,13-16H2,(H,27,30). The van der Waals surface area contributed by atoms with Crippen LogP contribution in [0.25, 0.3) is 0 Å². The van der Waals surface area contributed by atoms with Gasteiger partial charge in [0, 0.05) is 46.9 Å². The number of nitrogens with zero attached hydrogens (tertiary/aromatic N) is 1. The van der Waals surface area contributed by atoms with Crippen LogP contribution in [0.5, 0.6) is 0 Å². The van der Waals surface area contributed by atoms with Crippen LogP contribution in [-0.2, 0) is 11.2 Å². The van der Waals surface area contributed by atoms with Gasteiger partial charge in [0.05, 0.1) is 0 Å². The average Bonchev–Trinajstić information content (AvgIpc) is 3.22. The van der Waals surface area contributed by atoms with Gasteiger partial charge in [-0.25, -0.2) is 0 Å². The Bertz CT molecular complexity index is 1120. The highest BCUT2D eigenvalue weighted by molar-refractivity contribution is 6.30. The lowest BCUT2D eigenvalue weighted by molar-refractivity contribution is -0.116. The fraction of sp³-hybridized carbons (Fsp3) is 0.160. The summed E-state index contributed by atoms with van der Waals surface area (Å²) in [6.07, 6.45) is 1.04. The molecular formula is C25H21ClN2O3. The van der Waals surface area contributed by atoms with Crippen LogP contribution in [0.2, 0.25) is 5.02 Å². The molecule has 3 aromatic carbocycles. The quantitative estimate of drug-likeness (QED) is 0.548. The molecule has 1 N–H and O–H groups in total. The number of fused-ring (bicyclic) bond motifs is 1. The van der Waals surface area contributed by atoms with Crippen molar-refractivity contribution in [3.63, 3.8) is 0 Å².